The summed E-state index contributed by atoms with van der Waals surface area (Å²) in [6.45, 7) is 0.179. The van der Waals surface area contributed by atoms with Crippen molar-refractivity contribution in [2.75, 3.05) is 6.61 Å². The molecule has 0 saturated carbocycles. The predicted molar refractivity (Wildman–Crippen MR) is 86.0 cm³/mol. The molecule has 2 aromatic rings. The number of hydrogen-bond acceptors (Lipinski definition) is 4. The van der Waals surface area contributed by atoms with E-state index in [0.29, 0.717) is 12.0 Å². The molecule has 0 unspecified atom stereocenters. The summed E-state index contributed by atoms with van der Waals surface area (Å²) in [4.78, 5) is 18.0. The van der Waals surface area contributed by atoms with E-state index in [1.165, 1.54) is 0 Å². The van der Waals surface area contributed by atoms with Crippen LogP contribution in [0.1, 0.15) is 11.1 Å². The van der Waals surface area contributed by atoms with Crippen LogP contribution in [-0.2, 0) is 17.6 Å². The minimum Gasteiger partial charge on any atom is -0.481 e. The number of aromatic nitrogens is 2. The van der Waals surface area contributed by atoms with Gasteiger partial charge in [0.15, 0.2) is 0 Å². The normalized spacial score (nSPS) is 9.67. The first kappa shape index (κ1) is 17.7. The van der Waals surface area contributed by atoms with E-state index >= 15 is 0 Å². The molecule has 0 atom stereocenters. The molecule has 0 radical (unpaired) electrons. The molecule has 2 N–H and O–H groups in total. The summed E-state index contributed by atoms with van der Waals surface area (Å²) < 4.78 is 1.76. The fraction of sp³-hybridized carbons (Fsp3) is 0.214. The monoisotopic (exact) mass is 416 g/mol. The van der Waals surface area contributed by atoms with Crippen LogP contribution < -0.4 is 0 Å². The van der Waals surface area contributed by atoms with Gasteiger partial charge in [-0.3, -0.25) is 14.8 Å². The molecule has 2 heterocycles. The lowest BCUT2D eigenvalue weighted by molar-refractivity contribution is -0.136. The van der Waals surface area contributed by atoms with E-state index in [2.05, 4.69) is 41.8 Å². The van der Waals surface area contributed by atoms with Gasteiger partial charge in [0.1, 0.15) is 0 Å². The predicted octanol–water partition coefficient (Wildman–Crippen LogP) is 2.85. The first-order valence-corrected chi connectivity index (χ1v) is 7.61. The molecule has 21 heavy (non-hydrogen) atoms. The Bertz CT molecular complexity index is 594. The van der Waals surface area contributed by atoms with E-state index in [9.17, 15) is 4.79 Å². The van der Waals surface area contributed by atoms with Gasteiger partial charge in [-0.1, -0.05) is 0 Å². The molecule has 0 aromatic carbocycles. The van der Waals surface area contributed by atoms with Crippen molar-refractivity contribution in [2.24, 2.45) is 0 Å². The standard InChI is InChI=1S/C7H6BrNO2.C7H8BrNO/c8-6-1-5(2-7(10)11)3-9-4-6;8-7-3-6(1-2-10)4-9-5-7/h1,3-4H,2H2,(H,10,11);3-5,10H,1-2H2. The van der Waals surface area contributed by atoms with Crippen LogP contribution in [-0.4, -0.2) is 32.8 Å². The lowest BCUT2D eigenvalue weighted by Crippen LogP contribution is -1.99. The summed E-state index contributed by atoms with van der Waals surface area (Å²) in [6, 6.07) is 3.68. The summed E-state index contributed by atoms with van der Waals surface area (Å²) in [6.07, 6.45) is 7.32. The summed E-state index contributed by atoms with van der Waals surface area (Å²) in [5.74, 6) is -0.843. The van der Waals surface area contributed by atoms with E-state index in [1.807, 2.05) is 6.07 Å². The number of halogens is 2. The molecule has 0 aliphatic carbocycles. The van der Waals surface area contributed by atoms with Gasteiger partial charge < -0.3 is 10.2 Å². The summed E-state index contributed by atoms with van der Waals surface area (Å²) >= 11 is 6.48. The number of carboxylic acid groups (broad SMARTS) is 1. The Morgan fingerprint density at radius 1 is 1.00 bits per heavy atom. The van der Waals surface area contributed by atoms with E-state index in [0.717, 1.165) is 14.5 Å². The molecule has 112 valence electrons. The minimum atomic E-state index is -0.843. The highest BCUT2D eigenvalue weighted by atomic mass is 79.9. The third-order valence-electron chi connectivity index (χ3n) is 2.28. The maximum absolute atomic E-state index is 10.2. The number of aliphatic hydroxyl groups excluding tert-OH is 1. The number of rotatable bonds is 4. The minimum absolute atomic E-state index is 0.0203. The van der Waals surface area contributed by atoms with Crippen LogP contribution in [0, 0.1) is 0 Å². The third-order valence-corrected chi connectivity index (χ3v) is 3.15. The zero-order chi connectivity index (χ0) is 15.7. The fourth-order valence-corrected chi connectivity index (χ4v) is 2.27. The van der Waals surface area contributed by atoms with Crippen molar-refractivity contribution in [3.63, 3.8) is 0 Å². The maximum atomic E-state index is 10.2. The summed E-state index contributed by atoms with van der Waals surface area (Å²) in [7, 11) is 0. The van der Waals surface area contributed by atoms with E-state index in [-0.39, 0.29) is 13.0 Å². The largest absolute Gasteiger partial charge is 0.481 e. The smallest absolute Gasteiger partial charge is 0.307 e. The number of carbonyl (C=O) groups is 1. The molecule has 2 aromatic heterocycles. The molecule has 0 spiro atoms. The van der Waals surface area contributed by atoms with Gasteiger partial charge in [0.05, 0.1) is 6.42 Å². The van der Waals surface area contributed by atoms with Crippen molar-refractivity contribution in [3.05, 3.63) is 57.0 Å². The molecular weight excluding hydrogens is 404 g/mol. The number of hydrogen-bond donors (Lipinski definition) is 2. The van der Waals surface area contributed by atoms with Crippen molar-refractivity contribution >= 4 is 37.8 Å². The number of pyridine rings is 2. The van der Waals surface area contributed by atoms with Gasteiger partial charge in [0.2, 0.25) is 0 Å². The Hall–Kier alpha value is -1.31. The van der Waals surface area contributed by atoms with Crippen LogP contribution in [0.4, 0.5) is 0 Å². The number of aliphatic carboxylic acids is 1. The third kappa shape index (κ3) is 7.89. The molecule has 0 fully saturated rings. The maximum Gasteiger partial charge on any atom is 0.307 e. The molecule has 0 saturated heterocycles. The second kappa shape index (κ2) is 9.59. The van der Waals surface area contributed by atoms with Crippen LogP contribution in [0.3, 0.4) is 0 Å². The zero-order valence-electron chi connectivity index (χ0n) is 11.0. The van der Waals surface area contributed by atoms with E-state index in [4.69, 9.17) is 10.2 Å². The van der Waals surface area contributed by atoms with E-state index < -0.39 is 5.97 Å². The van der Waals surface area contributed by atoms with Gasteiger partial charge in [-0.2, -0.15) is 0 Å². The van der Waals surface area contributed by atoms with Gasteiger partial charge in [0, 0.05) is 40.3 Å². The van der Waals surface area contributed by atoms with E-state index in [1.54, 1.807) is 30.9 Å². The molecule has 0 aliphatic heterocycles. The van der Waals surface area contributed by atoms with Crippen LogP contribution in [0.25, 0.3) is 0 Å². The van der Waals surface area contributed by atoms with Gasteiger partial charge in [0.25, 0.3) is 0 Å². The topological polar surface area (TPSA) is 83.3 Å². The fourth-order valence-electron chi connectivity index (χ4n) is 1.45. The van der Waals surface area contributed by atoms with Gasteiger partial charge in [-0.25, -0.2) is 0 Å². The molecule has 5 nitrogen and oxygen atoms in total. The summed E-state index contributed by atoms with van der Waals surface area (Å²) in [5, 5.41) is 17.0. The van der Waals surface area contributed by atoms with Crippen LogP contribution in [0.15, 0.2) is 45.9 Å². The van der Waals surface area contributed by atoms with Crippen molar-refractivity contribution in [1.82, 2.24) is 9.97 Å². The Kier molecular flexibility index (Phi) is 8.11. The molecular formula is C14H14Br2N2O3. The van der Waals surface area contributed by atoms with Gasteiger partial charge in [-0.05, 0) is 61.5 Å². The molecule has 0 amide bonds. The van der Waals surface area contributed by atoms with Crippen LogP contribution >= 0.6 is 31.9 Å². The Balaban J connectivity index is 0.000000211. The molecule has 2 rings (SSSR count). The van der Waals surface area contributed by atoms with Crippen LogP contribution in [0.2, 0.25) is 0 Å². The zero-order valence-corrected chi connectivity index (χ0v) is 14.2. The number of carboxylic acids is 1. The second-order valence-electron chi connectivity index (χ2n) is 4.07. The first-order valence-electron chi connectivity index (χ1n) is 6.02. The van der Waals surface area contributed by atoms with Crippen molar-refractivity contribution in [1.29, 1.82) is 0 Å². The van der Waals surface area contributed by atoms with Gasteiger partial charge >= 0.3 is 5.97 Å². The van der Waals surface area contributed by atoms with Gasteiger partial charge in [-0.15, -0.1) is 0 Å². The SMILES string of the molecule is O=C(O)Cc1cncc(Br)c1.OCCc1cncc(Br)c1. The quantitative estimate of drug-likeness (QED) is 0.799. The molecule has 0 bridgehead atoms. The number of aliphatic hydroxyl groups is 1. The Morgan fingerprint density at radius 2 is 1.52 bits per heavy atom. The van der Waals surface area contributed by atoms with Crippen molar-refractivity contribution in [3.8, 4) is 0 Å². The summed E-state index contributed by atoms with van der Waals surface area (Å²) in [5.41, 5.74) is 1.75. The van der Waals surface area contributed by atoms with Crippen molar-refractivity contribution < 1.29 is 15.0 Å². The lowest BCUT2D eigenvalue weighted by Gasteiger charge is -1.95. The number of nitrogens with zero attached hydrogens (tertiary/aromatic N) is 2. The highest BCUT2D eigenvalue weighted by Gasteiger charge is 1.99. The first-order chi connectivity index (χ1) is 10.0. The average Bonchev–Trinajstić information content (AvgIpc) is 2.39. The molecule has 0 aliphatic rings. The van der Waals surface area contributed by atoms with Crippen molar-refractivity contribution in [2.45, 2.75) is 12.8 Å². The second-order valence-corrected chi connectivity index (χ2v) is 5.90. The molecule has 7 heteroatoms. The van der Waals surface area contributed by atoms with Crippen LogP contribution in [0.5, 0.6) is 0 Å². The highest BCUT2D eigenvalue weighted by molar-refractivity contribution is 9.10. The lowest BCUT2D eigenvalue weighted by atomic mass is 10.2. The Morgan fingerprint density at radius 3 is 2.00 bits per heavy atom. The Labute approximate surface area is 139 Å². The average molecular weight is 418 g/mol. The highest BCUT2D eigenvalue weighted by Crippen LogP contribution is 2.10.